The molecule has 0 aromatic rings. The highest BCUT2D eigenvalue weighted by Crippen LogP contribution is 2.04. The first kappa shape index (κ1) is 10.0. The molecular weight excluding hydrogens is 192 g/mol. The average molecular weight is 205 g/mol. The first-order valence-electron chi connectivity index (χ1n) is 3.51. The quantitative estimate of drug-likeness (QED) is 0.413. The van der Waals surface area contributed by atoms with Crippen molar-refractivity contribution in [2.24, 2.45) is 0 Å². The fourth-order valence-electron chi connectivity index (χ4n) is 0.692. The molecule has 0 aliphatic heterocycles. The third-order valence-corrected chi connectivity index (χ3v) is 1.86. The summed E-state index contributed by atoms with van der Waals surface area (Å²) in [6.07, 6.45) is 8.52. The van der Waals surface area contributed by atoms with E-state index in [2.05, 4.69) is 21.9 Å². The van der Waals surface area contributed by atoms with Crippen molar-refractivity contribution in [1.82, 2.24) is 0 Å². The van der Waals surface area contributed by atoms with Crippen molar-refractivity contribution in [3.63, 3.8) is 0 Å². The fourth-order valence-corrected chi connectivity index (χ4v) is 1.09. The molecule has 1 N–H and O–H groups in total. The molecule has 0 aliphatic carbocycles. The van der Waals surface area contributed by atoms with Gasteiger partial charge in [0.1, 0.15) is 6.10 Å². The molecule has 58 valence electrons. The van der Waals surface area contributed by atoms with E-state index in [4.69, 9.17) is 11.5 Å². The van der Waals surface area contributed by atoms with E-state index in [9.17, 15) is 0 Å². The van der Waals surface area contributed by atoms with Crippen molar-refractivity contribution in [3.05, 3.63) is 0 Å². The van der Waals surface area contributed by atoms with Gasteiger partial charge in [-0.05, 0) is 19.3 Å². The molecule has 0 rings (SSSR count). The zero-order chi connectivity index (χ0) is 7.82. The van der Waals surface area contributed by atoms with Crippen LogP contribution < -0.4 is 0 Å². The standard InChI is InChI=1S/C8H13BrO/c1-2-8(10)6-4-3-5-7-9/h1,8,10H,3-7H2/t8-/m0/s1. The van der Waals surface area contributed by atoms with Gasteiger partial charge in [-0.2, -0.15) is 0 Å². The maximum atomic E-state index is 8.91. The van der Waals surface area contributed by atoms with Crippen molar-refractivity contribution < 1.29 is 5.11 Å². The Bertz CT molecular complexity index is 106. The van der Waals surface area contributed by atoms with Gasteiger partial charge in [0.05, 0.1) is 0 Å². The van der Waals surface area contributed by atoms with Crippen LogP contribution in [0.1, 0.15) is 25.7 Å². The lowest BCUT2D eigenvalue weighted by Gasteiger charge is -2.00. The molecule has 1 atom stereocenters. The van der Waals surface area contributed by atoms with Gasteiger partial charge in [-0.1, -0.05) is 28.3 Å². The van der Waals surface area contributed by atoms with E-state index in [-0.39, 0.29) is 0 Å². The minimum atomic E-state index is -0.532. The number of halogens is 1. The van der Waals surface area contributed by atoms with Gasteiger partial charge in [-0.3, -0.25) is 0 Å². The Morgan fingerprint density at radius 1 is 1.40 bits per heavy atom. The third kappa shape index (κ3) is 6.12. The number of hydrogen-bond acceptors (Lipinski definition) is 1. The topological polar surface area (TPSA) is 20.2 Å². The molecule has 0 unspecified atom stereocenters. The van der Waals surface area contributed by atoms with Crippen molar-refractivity contribution in [1.29, 1.82) is 0 Å². The molecule has 0 spiro atoms. The summed E-state index contributed by atoms with van der Waals surface area (Å²) < 4.78 is 0. The molecule has 0 saturated heterocycles. The van der Waals surface area contributed by atoms with E-state index >= 15 is 0 Å². The van der Waals surface area contributed by atoms with Gasteiger partial charge in [-0.25, -0.2) is 0 Å². The molecule has 0 radical (unpaired) electrons. The highest BCUT2D eigenvalue weighted by atomic mass is 79.9. The van der Waals surface area contributed by atoms with Gasteiger partial charge in [0.25, 0.3) is 0 Å². The largest absolute Gasteiger partial charge is 0.380 e. The van der Waals surface area contributed by atoms with Crippen LogP contribution in [0.4, 0.5) is 0 Å². The number of aliphatic hydroxyl groups excluding tert-OH is 1. The number of hydrogen-bond donors (Lipinski definition) is 1. The smallest absolute Gasteiger partial charge is 0.114 e. The number of terminal acetylenes is 1. The Labute approximate surface area is 71.0 Å². The molecule has 0 heterocycles. The lowest BCUT2D eigenvalue weighted by Crippen LogP contribution is -2.01. The summed E-state index contributed by atoms with van der Waals surface area (Å²) in [6.45, 7) is 0. The Morgan fingerprint density at radius 2 is 2.10 bits per heavy atom. The second-order valence-corrected chi connectivity index (χ2v) is 3.01. The molecule has 1 nitrogen and oxygen atoms in total. The van der Waals surface area contributed by atoms with E-state index in [1.54, 1.807) is 0 Å². The predicted molar refractivity (Wildman–Crippen MR) is 47.1 cm³/mol. The Kier molecular flexibility index (Phi) is 7.11. The second kappa shape index (κ2) is 7.11. The Balaban J connectivity index is 2.98. The zero-order valence-corrected chi connectivity index (χ0v) is 7.60. The van der Waals surface area contributed by atoms with E-state index in [1.165, 1.54) is 0 Å². The molecule has 0 amide bonds. The van der Waals surface area contributed by atoms with E-state index < -0.39 is 6.10 Å². The third-order valence-electron chi connectivity index (χ3n) is 1.30. The molecule has 0 aliphatic rings. The molecule has 0 saturated carbocycles. The van der Waals surface area contributed by atoms with Crippen LogP contribution in [0.25, 0.3) is 0 Å². The van der Waals surface area contributed by atoms with Crippen LogP contribution >= 0.6 is 15.9 Å². The molecule has 0 aromatic carbocycles. The lowest BCUT2D eigenvalue weighted by molar-refractivity contribution is 0.218. The second-order valence-electron chi connectivity index (χ2n) is 2.22. The zero-order valence-electron chi connectivity index (χ0n) is 6.02. The van der Waals surface area contributed by atoms with Crippen LogP contribution in [0, 0.1) is 12.3 Å². The summed E-state index contributed by atoms with van der Waals surface area (Å²) in [5, 5.41) is 9.95. The average Bonchev–Trinajstić information content (AvgIpc) is 1.98. The van der Waals surface area contributed by atoms with Crippen molar-refractivity contribution >= 4 is 15.9 Å². The first-order valence-corrected chi connectivity index (χ1v) is 4.63. The Morgan fingerprint density at radius 3 is 2.60 bits per heavy atom. The minimum absolute atomic E-state index is 0.532. The van der Waals surface area contributed by atoms with Crippen molar-refractivity contribution in [2.75, 3.05) is 5.33 Å². The summed E-state index contributed by atoms with van der Waals surface area (Å²) in [5.74, 6) is 2.29. The SMILES string of the molecule is C#C[C@H](O)CCCCCBr. The number of alkyl halides is 1. The van der Waals surface area contributed by atoms with Gasteiger partial charge < -0.3 is 5.11 Å². The van der Waals surface area contributed by atoms with Crippen molar-refractivity contribution in [3.8, 4) is 12.3 Å². The summed E-state index contributed by atoms with van der Waals surface area (Å²) in [7, 11) is 0. The molecule has 10 heavy (non-hydrogen) atoms. The maximum absolute atomic E-state index is 8.91. The predicted octanol–water partition coefficient (Wildman–Crippen LogP) is 1.94. The summed E-state index contributed by atoms with van der Waals surface area (Å²) >= 11 is 3.33. The van der Waals surface area contributed by atoms with Crippen LogP contribution in [0.3, 0.4) is 0 Å². The van der Waals surface area contributed by atoms with Crippen LogP contribution in [-0.4, -0.2) is 16.5 Å². The molecule has 0 bridgehead atoms. The van der Waals surface area contributed by atoms with Crippen LogP contribution in [0.5, 0.6) is 0 Å². The molecule has 2 heteroatoms. The van der Waals surface area contributed by atoms with E-state index in [1.807, 2.05) is 0 Å². The van der Waals surface area contributed by atoms with Crippen LogP contribution in [-0.2, 0) is 0 Å². The summed E-state index contributed by atoms with van der Waals surface area (Å²) in [5.41, 5.74) is 0. The lowest BCUT2D eigenvalue weighted by atomic mass is 10.1. The Hall–Kier alpha value is 0. The van der Waals surface area contributed by atoms with Crippen LogP contribution in [0.2, 0.25) is 0 Å². The van der Waals surface area contributed by atoms with Gasteiger partial charge in [-0.15, -0.1) is 6.42 Å². The van der Waals surface area contributed by atoms with Gasteiger partial charge in [0.15, 0.2) is 0 Å². The number of unbranched alkanes of at least 4 members (excludes halogenated alkanes) is 2. The minimum Gasteiger partial charge on any atom is -0.380 e. The number of rotatable bonds is 5. The molecule has 0 aromatic heterocycles. The highest BCUT2D eigenvalue weighted by Gasteiger charge is 1.96. The summed E-state index contributed by atoms with van der Waals surface area (Å²) in [6, 6.07) is 0. The van der Waals surface area contributed by atoms with Gasteiger partial charge >= 0.3 is 0 Å². The maximum Gasteiger partial charge on any atom is 0.114 e. The fraction of sp³-hybridized carbons (Fsp3) is 0.750. The van der Waals surface area contributed by atoms with Gasteiger partial charge in [0, 0.05) is 5.33 Å². The number of aliphatic hydroxyl groups is 1. The monoisotopic (exact) mass is 204 g/mol. The van der Waals surface area contributed by atoms with E-state index in [0.717, 1.165) is 31.0 Å². The van der Waals surface area contributed by atoms with Crippen LogP contribution in [0.15, 0.2) is 0 Å². The van der Waals surface area contributed by atoms with Gasteiger partial charge in [0.2, 0.25) is 0 Å². The normalized spacial score (nSPS) is 12.5. The molecular formula is C8H13BrO. The van der Waals surface area contributed by atoms with E-state index in [0.29, 0.717) is 0 Å². The highest BCUT2D eigenvalue weighted by molar-refractivity contribution is 9.09. The molecule has 0 fully saturated rings. The summed E-state index contributed by atoms with van der Waals surface area (Å²) in [4.78, 5) is 0. The first-order chi connectivity index (χ1) is 4.81. The van der Waals surface area contributed by atoms with Crippen molar-refractivity contribution in [2.45, 2.75) is 31.8 Å².